The predicted octanol–water partition coefficient (Wildman–Crippen LogP) is 4.86. The fourth-order valence-electron chi connectivity index (χ4n) is 11.9. The third kappa shape index (κ3) is 21.3. The van der Waals surface area contributed by atoms with Gasteiger partial charge in [-0.25, -0.2) is 0 Å². The van der Waals surface area contributed by atoms with Crippen molar-refractivity contribution in [3.63, 3.8) is 0 Å². The average molecular weight is 1310 g/mol. The van der Waals surface area contributed by atoms with Crippen LogP contribution in [0.15, 0.2) is 29.2 Å². The van der Waals surface area contributed by atoms with Gasteiger partial charge in [-0.2, -0.15) is 0 Å². The Kier molecular flexibility index (Phi) is 30.9. The molecule has 11 amide bonds. The summed E-state index contributed by atoms with van der Waals surface area (Å²) >= 11 is 1.44. The quantitative estimate of drug-likeness (QED) is 0.183. The highest BCUT2D eigenvalue weighted by Gasteiger charge is 2.49. The van der Waals surface area contributed by atoms with Crippen LogP contribution in [0.3, 0.4) is 0 Å². The maximum atomic E-state index is 15.5. The van der Waals surface area contributed by atoms with E-state index in [2.05, 4.69) is 21.3 Å². The van der Waals surface area contributed by atoms with Gasteiger partial charge in [0.1, 0.15) is 71.6 Å². The van der Waals surface area contributed by atoms with E-state index in [0.717, 1.165) is 9.80 Å². The predicted molar refractivity (Wildman–Crippen MR) is 355 cm³/mol. The maximum Gasteiger partial charge on any atom is 0.246 e. The van der Waals surface area contributed by atoms with Crippen LogP contribution in [-0.2, 0) is 57.5 Å². The molecule has 13 atom stereocenters. The van der Waals surface area contributed by atoms with E-state index in [0.29, 0.717) is 12.2 Å². The van der Waals surface area contributed by atoms with Gasteiger partial charge in [0.2, 0.25) is 65.0 Å². The number of rotatable bonds is 15. The minimum absolute atomic E-state index is 0.0574. The van der Waals surface area contributed by atoms with Crippen molar-refractivity contribution < 1.29 is 62.2 Å². The molecule has 25 heteroatoms. The first kappa shape index (κ1) is 79.7. The molecule has 1 aromatic rings. The Morgan fingerprint density at radius 2 is 0.957 bits per heavy atom. The number of likely N-dealkylation sites (N-methyl/N-ethyl adjacent to an activating group) is 7. The highest BCUT2D eigenvalue weighted by Crippen LogP contribution is 2.40. The first-order valence-electron chi connectivity index (χ1n) is 32.7. The van der Waals surface area contributed by atoms with Crippen molar-refractivity contribution >= 4 is 76.7 Å². The van der Waals surface area contributed by atoms with E-state index in [4.69, 9.17) is 9.47 Å². The zero-order valence-electron chi connectivity index (χ0n) is 59.6. The largest absolute Gasteiger partial charge is 0.497 e. The van der Waals surface area contributed by atoms with Crippen LogP contribution in [0.1, 0.15) is 149 Å². The van der Waals surface area contributed by atoms with Crippen LogP contribution in [0.5, 0.6) is 5.75 Å². The Morgan fingerprint density at radius 1 is 0.500 bits per heavy atom. The summed E-state index contributed by atoms with van der Waals surface area (Å²) in [5.41, 5.74) is -0.477. The van der Waals surface area contributed by atoms with Crippen LogP contribution in [0, 0.1) is 41.4 Å². The number of carbonyl (C=O) groups is 11. The van der Waals surface area contributed by atoms with Crippen LogP contribution in [0.4, 0.5) is 0 Å². The minimum Gasteiger partial charge on any atom is -0.497 e. The second-order valence-corrected chi connectivity index (χ2v) is 29.1. The molecular weight excluding hydrogens is 1200 g/mol. The Morgan fingerprint density at radius 3 is 1.43 bits per heavy atom. The van der Waals surface area contributed by atoms with E-state index in [1.165, 1.54) is 104 Å². The highest BCUT2D eigenvalue weighted by molar-refractivity contribution is 7.99. The number of nitrogens with zero attached hydrogens (tertiary/aromatic N) is 7. The molecule has 4 N–H and O–H groups in total. The van der Waals surface area contributed by atoms with E-state index in [1.54, 1.807) is 41.7 Å². The van der Waals surface area contributed by atoms with Crippen LogP contribution in [0.25, 0.3) is 0 Å². The van der Waals surface area contributed by atoms with Gasteiger partial charge in [0.25, 0.3) is 0 Å². The summed E-state index contributed by atoms with van der Waals surface area (Å²) in [6.45, 7) is 28.0. The Bertz CT molecular complexity index is 2710. The topological polar surface area (TPSA) is 277 Å². The number of benzene rings is 1. The van der Waals surface area contributed by atoms with Gasteiger partial charge in [-0.3, -0.25) is 52.7 Å². The second-order valence-electron chi connectivity index (χ2n) is 27.9. The van der Waals surface area contributed by atoms with Gasteiger partial charge < -0.3 is 65.0 Å². The first-order valence-corrected chi connectivity index (χ1v) is 33.6. The van der Waals surface area contributed by atoms with Crippen LogP contribution in [-0.4, -0.2) is 234 Å². The normalized spacial score (nSPS) is 28.2. The summed E-state index contributed by atoms with van der Waals surface area (Å²) in [5, 5.41) is 11.2. The van der Waals surface area contributed by atoms with Gasteiger partial charge in [-0.15, -0.1) is 0 Å². The molecule has 2 saturated heterocycles. The molecule has 1 aromatic carbocycles. The summed E-state index contributed by atoms with van der Waals surface area (Å²) < 4.78 is 12.1. The molecule has 0 radical (unpaired) electrons. The van der Waals surface area contributed by atoms with Crippen molar-refractivity contribution in [3.8, 4) is 5.75 Å². The van der Waals surface area contributed by atoms with Gasteiger partial charge >= 0.3 is 0 Å². The number of thioether (sulfide) groups is 1. The monoisotopic (exact) mass is 1310 g/mol. The molecule has 0 spiro atoms. The fraction of sp³-hybridized carbons (Fsp3) is 0.746. The lowest BCUT2D eigenvalue weighted by atomic mass is 9.93. The van der Waals surface area contributed by atoms with E-state index in [1.807, 2.05) is 86.6 Å². The lowest BCUT2D eigenvalue weighted by molar-refractivity contribution is -0.157. The van der Waals surface area contributed by atoms with Crippen molar-refractivity contribution in [1.29, 1.82) is 0 Å². The van der Waals surface area contributed by atoms with Crippen molar-refractivity contribution in [2.24, 2.45) is 41.4 Å². The van der Waals surface area contributed by atoms with E-state index < -0.39 is 155 Å². The van der Waals surface area contributed by atoms with E-state index >= 15 is 19.2 Å². The summed E-state index contributed by atoms with van der Waals surface area (Å²) in [6, 6.07) is -4.57. The lowest BCUT2D eigenvalue weighted by Crippen LogP contribution is -2.63. The zero-order chi connectivity index (χ0) is 70.2. The Hall–Kier alpha value is -6.50. The molecule has 0 aliphatic carbocycles. The molecule has 2 heterocycles. The molecule has 2 fully saturated rings. The molecule has 92 heavy (non-hydrogen) atoms. The highest BCUT2D eigenvalue weighted by atomic mass is 32.2. The molecule has 0 aromatic heterocycles. The Labute approximate surface area is 552 Å². The number of hydrogen-bond donors (Lipinski definition) is 4. The fourth-order valence-corrected chi connectivity index (χ4v) is 13.1. The molecule has 3 rings (SSSR count). The van der Waals surface area contributed by atoms with Gasteiger partial charge in [0, 0.05) is 54.2 Å². The summed E-state index contributed by atoms with van der Waals surface area (Å²) in [4.78, 5) is 172. The van der Waals surface area contributed by atoms with Crippen molar-refractivity contribution in [3.05, 3.63) is 24.3 Å². The SMILES string of the molecule is CC[C@@H]1NC(=O)[C@H]([C@@H]2O[C@H](Sc3ccc(OC)cc3)C[C@H]2C)N(C)C(=O)[C@H](C(C)C)N(C)C(=O)[C@H](CC(C)C)N(C)C(=O)[C@H](CC(C)C)N(C)C(=O)[C@@H](C)NC(=O)[C@H](C)NC(=O)[C@H](CC(C)C)N(C)C(=O)[C@H](C(C)C)NC(=O)[C@H](CC(C)C)N(C)C(=O)CN(C)C1=O. The summed E-state index contributed by atoms with van der Waals surface area (Å²) in [6.07, 6.45) is 0.234. The van der Waals surface area contributed by atoms with Crippen LogP contribution >= 0.6 is 11.8 Å². The van der Waals surface area contributed by atoms with Crippen molar-refractivity contribution in [2.45, 2.75) is 226 Å². The first-order chi connectivity index (χ1) is 42.7. The number of amides is 11. The molecule has 0 bridgehead atoms. The van der Waals surface area contributed by atoms with Gasteiger partial charge in [-0.1, -0.05) is 109 Å². The second kappa shape index (κ2) is 35.7. The number of nitrogens with one attached hydrogen (secondary N) is 4. The third-order valence-corrected chi connectivity index (χ3v) is 18.6. The van der Waals surface area contributed by atoms with Gasteiger partial charge in [0.15, 0.2) is 0 Å². The summed E-state index contributed by atoms with van der Waals surface area (Å²) in [5.74, 6) is -8.35. The smallest absolute Gasteiger partial charge is 0.246 e. The van der Waals surface area contributed by atoms with E-state index in [9.17, 15) is 33.6 Å². The Balaban J connectivity index is 2.31. The maximum absolute atomic E-state index is 15.5. The third-order valence-electron chi connectivity index (χ3n) is 17.5. The molecule has 2 aliphatic heterocycles. The lowest BCUT2D eigenvalue weighted by Gasteiger charge is -2.41. The molecular formula is C67H113N11O13S. The molecule has 520 valence electrons. The average Bonchev–Trinajstić information content (AvgIpc) is 1.39. The standard InChI is InChI=1S/C67H113N11O13S/c1-25-47-63(85)72(17)35-52(79)73(18)48(30-36(2)3)60(82)71-54(40(10)11)66(88)74(19)49(31-37(4)5)59(81)68-43(15)58(80)69-44(16)62(84)75(20)50(32-38(6)7)64(86)76(21)51(33-39(8)9)65(87)77(22)55(41(12)13)67(89)78(23)56(61(83)70-47)57-42(14)34-53(91-57)92-46-28-26-45(90-24)27-29-46/h26-29,36-44,47-51,53-57H,25,30-35H2,1-24H3,(H,68,81)(H,69,80)(H,70,83)(H,71,82)/t42-,43+,44-,47+,48+,49+,50+,51+,53-,54+,55+,56+,57-/m1/s1. The van der Waals surface area contributed by atoms with Crippen LogP contribution < -0.4 is 26.0 Å². The number of hydrogen-bond acceptors (Lipinski definition) is 14. The zero-order valence-corrected chi connectivity index (χ0v) is 60.4. The molecule has 2 aliphatic rings. The number of ether oxygens (including phenoxy) is 2. The van der Waals surface area contributed by atoms with Gasteiger partial charge in [0.05, 0.1) is 19.8 Å². The summed E-state index contributed by atoms with van der Waals surface area (Å²) in [7, 11) is 11.8. The minimum atomic E-state index is -1.38. The van der Waals surface area contributed by atoms with Crippen molar-refractivity contribution in [1.82, 2.24) is 55.6 Å². The van der Waals surface area contributed by atoms with Crippen molar-refractivity contribution in [2.75, 3.05) is 63.0 Å². The van der Waals surface area contributed by atoms with Crippen LogP contribution in [0.2, 0.25) is 0 Å². The van der Waals surface area contributed by atoms with Gasteiger partial charge in [-0.05, 0) is 118 Å². The number of carbonyl (C=O) groups excluding carboxylic acids is 11. The number of methoxy groups -OCH3 is 1. The molecule has 24 nitrogen and oxygen atoms in total. The molecule has 0 unspecified atom stereocenters. The molecule has 0 saturated carbocycles. The van der Waals surface area contributed by atoms with E-state index in [-0.39, 0.29) is 61.7 Å².